The second-order valence-corrected chi connectivity index (χ2v) is 9.52. The van der Waals surface area contributed by atoms with Crippen LogP contribution in [0, 0.1) is 12.7 Å². The maximum Gasteiger partial charge on any atom is 0.252 e. The number of halogens is 1. The molecule has 34 heavy (non-hydrogen) atoms. The van der Waals surface area contributed by atoms with Crippen molar-refractivity contribution >= 4 is 23.2 Å². The molecule has 2 heterocycles. The first kappa shape index (κ1) is 24.0. The molecule has 1 fully saturated rings. The summed E-state index contributed by atoms with van der Waals surface area (Å²) in [6, 6.07) is 14.4. The highest BCUT2D eigenvalue weighted by molar-refractivity contribution is 7.09. The van der Waals surface area contributed by atoms with Crippen LogP contribution in [0.4, 0.5) is 4.39 Å². The van der Waals surface area contributed by atoms with E-state index in [2.05, 4.69) is 10.3 Å². The van der Waals surface area contributed by atoms with Gasteiger partial charge in [0.25, 0.3) is 5.91 Å². The highest BCUT2D eigenvalue weighted by atomic mass is 32.1. The number of benzene rings is 2. The van der Waals surface area contributed by atoms with E-state index in [-0.39, 0.29) is 24.8 Å². The largest absolute Gasteiger partial charge is 0.383 e. The van der Waals surface area contributed by atoms with Crippen molar-refractivity contribution in [2.75, 3.05) is 6.54 Å². The summed E-state index contributed by atoms with van der Waals surface area (Å²) in [5.74, 6) is -1.07. The van der Waals surface area contributed by atoms with E-state index in [1.54, 1.807) is 11.0 Å². The van der Waals surface area contributed by atoms with Gasteiger partial charge < -0.3 is 15.3 Å². The second-order valence-electron chi connectivity index (χ2n) is 8.58. The van der Waals surface area contributed by atoms with Crippen molar-refractivity contribution in [2.45, 2.75) is 51.3 Å². The van der Waals surface area contributed by atoms with Crippen LogP contribution in [0.1, 0.15) is 52.7 Å². The van der Waals surface area contributed by atoms with Crippen LogP contribution in [-0.2, 0) is 22.6 Å². The lowest BCUT2D eigenvalue weighted by Crippen LogP contribution is -2.41. The summed E-state index contributed by atoms with van der Waals surface area (Å²) in [6.07, 6.45) is 0.635. The summed E-state index contributed by atoms with van der Waals surface area (Å²) in [6.45, 7) is 2.67. The maximum atomic E-state index is 13.3. The van der Waals surface area contributed by atoms with Gasteiger partial charge in [-0.25, -0.2) is 9.37 Å². The van der Waals surface area contributed by atoms with Gasteiger partial charge in [-0.1, -0.05) is 36.4 Å². The van der Waals surface area contributed by atoms with Crippen molar-refractivity contribution in [1.82, 2.24) is 15.2 Å². The Kier molecular flexibility index (Phi) is 7.70. The topological polar surface area (TPSA) is 82.5 Å². The first-order valence-corrected chi connectivity index (χ1v) is 12.3. The van der Waals surface area contributed by atoms with Crippen LogP contribution in [0.3, 0.4) is 0 Å². The van der Waals surface area contributed by atoms with Gasteiger partial charge in [0.15, 0.2) is 0 Å². The molecular weight excluding hydrogens is 453 g/mol. The van der Waals surface area contributed by atoms with Crippen LogP contribution in [0.2, 0.25) is 0 Å². The number of likely N-dealkylation sites (tertiary alicyclic amines) is 1. The van der Waals surface area contributed by atoms with Crippen molar-refractivity contribution in [2.24, 2.45) is 0 Å². The number of thiazole rings is 1. The van der Waals surface area contributed by atoms with Gasteiger partial charge in [0.2, 0.25) is 5.91 Å². The number of hydrogen-bond acceptors (Lipinski definition) is 5. The Morgan fingerprint density at radius 3 is 2.82 bits per heavy atom. The van der Waals surface area contributed by atoms with Gasteiger partial charge in [-0.2, -0.15) is 0 Å². The smallest absolute Gasteiger partial charge is 0.252 e. The second kappa shape index (κ2) is 10.9. The zero-order chi connectivity index (χ0) is 24.1. The first-order chi connectivity index (χ1) is 16.4. The van der Waals surface area contributed by atoms with E-state index >= 15 is 0 Å². The monoisotopic (exact) mass is 481 g/mol. The standard InChI is InChI=1S/C26H28FN3O3S/c1-17-12-20(27)10-9-19(17)13-21-16-34-25(29-21)15-28-24(32)14-23(31)26(33)30-11-5-8-22(30)18-6-3-2-4-7-18/h2-4,6-7,9-10,12,16,22-23,31H,5,8,11,13-15H2,1H3,(H,28,32)/t22?,23-/m1/s1. The Bertz CT molecular complexity index is 1150. The molecule has 1 aliphatic rings. The third kappa shape index (κ3) is 5.87. The molecule has 2 N–H and O–H groups in total. The zero-order valence-electron chi connectivity index (χ0n) is 19.0. The van der Waals surface area contributed by atoms with Crippen molar-refractivity contribution in [3.8, 4) is 0 Å². The molecule has 1 unspecified atom stereocenters. The Morgan fingerprint density at radius 2 is 2.06 bits per heavy atom. The van der Waals surface area contributed by atoms with E-state index in [9.17, 15) is 19.1 Å². The average molecular weight is 482 g/mol. The molecule has 4 rings (SSSR count). The number of aryl methyl sites for hydroxylation is 1. The predicted molar refractivity (Wildman–Crippen MR) is 129 cm³/mol. The molecule has 0 aliphatic carbocycles. The number of aliphatic hydroxyl groups is 1. The third-order valence-corrected chi connectivity index (χ3v) is 6.99. The van der Waals surface area contributed by atoms with Gasteiger partial charge in [0.1, 0.15) is 16.9 Å². The van der Waals surface area contributed by atoms with Gasteiger partial charge >= 0.3 is 0 Å². The van der Waals surface area contributed by atoms with Crippen LogP contribution in [-0.4, -0.2) is 39.5 Å². The minimum atomic E-state index is -1.38. The fourth-order valence-electron chi connectivity index (χ4n) is 4.32. The number of carbonyl (C=O) groups excluding carboxylic acids is 2. The van der Waals surface area contributed by atoms with E-state index in [1.807, 2.05) is 42.6 Å². The number of nitrogens with zero attached hydrogens (tertiary/aromatic N) is 2. The minimum absolute atomic E-state index is 0.0649. The number of aromatic nitrogens is 1. The highest BCUT2D eigenvalue weighted by Gasteiger charge is 2.33. The Morgan fingerprint density at radius 1 is 1.26 bits per heavy atom. The average Bonchev–Trinajstić information content (AvgIpc) is 3.49. The van der Waals surface area contributed by atoms with Gasteiger partial charge in [-0.15, -0.1) is 11.3 Å². The summed E-state index contributed by atoms with van der Waals surface area (Å²) in [5, 5.41) is 15.8. The minimum Gasteiger partial charge on any atom is -0.383 e. The fourth-order valence-corrected chi connectivity index (χ4v) is 5.05. The van der Waals surface area contributed by atoms with E-state index < -0.39 is 17.9 Å². The van der Waals surface area contributed by atoms with Crippen molar-refractivity contribution < 1.29 is 19.1 Å². The molecule has 1 saturated heterocycles. The third-order valence-electron chi connectivity index (χ3n) is 6.10. The fraction of sp³-hybridized carbons (Fsp3) is 0.346. The lowest BCUT2D eigenvalue weighted by Gasteiger charge is -2.27. The quantitative estimate of drug-likeness (QED) is 0.511. The molecular formula is C26H28FN3O3S. The molecule has 1 aliphatic heterocycles. The van der Waals surface area contributed by atoms with Crippen LogP contribution in [0.5, 0.6) is 0 Å². The number of amides is 2. The summed E-state index contributed by atoms with van der Waals surface area (Å²) < 4.78 is 13.3. The lowest BCUT2D eigenvalue weighted by atomic mass is 10.0. The number of rotatable bonds is 8. The normalized spacial score (nSPS) is 16.4. The summed E-state index contributed by atoms with van der Waals surface area (Å²) in [4.78, 5) is 31.4. The van der Waals surface area contributed by atoms with Crippen LogP contribution in [0.25, 0.3) is 0 Å². The van der Waals surface area contributed by atoms with Crippen molar-refractivity contribution in [3.63, 3.8) is 0 Å². The number of hydrogen-bond donors (Lipinski definition) is 2. The molecule has 6 nitrogen and oxygen atoms in total. The van der Waals surface area contributed by atoms with E-state index in [4.69, 9.17) is 0 Å². The highest BCUT2D eigenvalue weighted by Crippen LogP contribution is 2.32. The molecule has 3 aromatic rings. The molecule has 8 heteroatoms. The van der Waals surface area contributed by atoms with Crippen LogP contribution >= 0.6 is 11.3 Å². The molecule has 0 radical (unpaired) electrons. The van der Waals surface area contributed by atoms with E-state index in [1.165, 1.54) is 23.5 Å². The predicted octanol–water partition coefficient (Wildman–Crippen LogP) is 3.91. The van der Waals surface area contributed by atoms with Gasteiger partial charge in [-0.3, -0.25) is 9.59 Å². The van der Waals surface area contributed by atoms with Gasteiger partial charge in [0.05, 0.1) is 24.7 Å². The molecule has 2 amide bonds. The molecule has 0 bridgehead atoms. The van der Waals surface area contributed by atoms with E-state index in [0.717, 1.165) is 40.2 Å². The maximum absolute atomic E-state index is 13.3. The van der Waals surface area contributed by atoms with Crippen LogP contribution in [0.15, 0.2) is 53.9 Å². The van der Waals surface area contributed by atoms with Gasteiger partial charge in [-0.05, 0) is 48.6 Å². The summed E-state index contributed by atoms with van der Waals surface area (Å²) in [5.41, 5.74) is 3.76. The SMILES string of the molecule is Cc1cc(F)ccc1Cc1csc(CNC(=O)C[C@@H](O)C(=O)N2CCCC2c2ccccc2)n1. The van der Waals surface area contributed by atoms with Crippen molar-refractivity contribution in [1.29, 1.82) is 0 Å². The number of carbonyl (C=O) groups is 2. The Hall–Kier alpha value is -3.10. The summed E-state index contributed by atoms with van der Waals surface area (Å²) in [7, 11) is 0. The van der Waals surface area contributed by atoms with Crippen molar-refractivity contribution in [3.05, 3.63) is 87.1 Å². The molecule has 2 atom stereocenters. The Balaban J connectivity index is 1.27. The summed E-state index contributed by atoms with van der Waals surface area (Å²) >= 11 is 1.43. The number of aliphatic hydroxyl groups excluding tert-OH is 1. The molecule has 1 aromatic heterocycles. The molecule has 178 valence electrons. The lowest BCUT2D eigenvalue weighted by molar-refractivity contribution is -0.144. The Labute approximate surface area is 202 Å². The van der Waals surface area contributed by atoms with Gasteiger partial charge in [0, 0.05) is 18.3 Å². The molecule has 0 spiro atoms. The molecule has 2 aromatic carbocycles. The first-order valence-electron chi connectivity index (χ1n) is 11.4. The molecule has 0 saturated carbocycles. The van der Waals surface area contributed by atoms with E-state index in [0.29, 0.717) is 13.0 Å². The number of nitrogens with one attached hydrogen (secondary N) is 1. The zero-order valence-corrected chi connectivity index (χ0v) is 19.9. The van der Waals surface area contributed by atoms with Crippen LogP contribution < -0.4 is 5.32 Å².